The zero-order valence-corrected chi connectivity index (χ0v) is 17.6. The van der Waals surface area contributed by atoms with Gasteiger partial charge in [-0.05, 0) is 52.9 Å². The van der Waals surface area contributed by atoms with Crippen LogP contribution < -0.4 is 14.9 Å². The van der Waals surface area contributed by atoms with Crippen LogP contribution in [0.15, 0.2) is 82.2 Å². The van der Waals surface area contributed by atoms with Crippen LogP contribution in [-0.4, -0.2) is 0 Å². The van der Waals surface area contributed by atoms with Crippen LogP contribution in [0.1, 0.15) is 31.9 Å². The van der Waals surface area contributed by atoms with Gasteiger partial charge in [0, 0.05) is 6.07 Å². The van der Waals surface area contributed by atoms with Gasteiger partial charge >= 0.3 is 0 Å². The van der Waals surface area contributed by atoms with Gasteiger partial charge in [-0.1, -0.05) is 45.0 Å². The summed E-state index contributed by atoms with van der Waals surface area (Å²) in [7, 11) is 0. The molecule has 1 heterocycles. The van der Waals surface area contributed by atoms with E-state index in [2.05, 4.69) is 20.8 Å². The molecule has 0 N–H and O–H groups in total. The third-order valence-electron chi connectivity index (χ3n) is 4.98. The number of rotatable bonds is 5. The zero-order valence-electron chi connectivity index (χ0n) is 17.6. The van der Waals surface area contributed by atoms with Gasteiger partial charge in [-0.15, -0.1) is 0 Å². The third-order valence-corrected chi connectivity index (χ3v) is 4.98. The number of hydrogen-bond acceptors (Lipinski definition) is 4. The molecule has 4 nitrogen and oxygen atoms in total. The van der Waals surface area contributed by atoms with Crippen molar-refractivity contribution in [3.63, 3.8) is 0 Å². The molecular formula is C26H23FO4. The molecule has 0 unspecified atom stereocenters. The summed E-state index contributed by atoms with van der Waals surface area (Å²) >= 11 is 0. The highest BCUT2D eigenvalue weighted by molar-refractivity contribution is 5.79. The second kappa shape index (κ2) is 8.26. The average molecular weight is 418 g/mol. The van der Waals surface area contributed by atoms with Crippen molar-refractivity contribution in [3.8, 4) is 17.2 Å². The molecule has 0 atom stereocenters. The highest BCUT2D eigenvalue weighted by atomic mass is 19.1. The molecule has 0 spiro atoms. The van der Waals surface area contributed by atoms with Crippen molar-refractivity contribution < 1.29 is 18.3 Å². The van der Waals surface area contributed by atoms with E-state index in [0.29, 0.717) is 22.5 Å². The van der Waals surface area contributed by atoms with E-state index >= 15 is 0 Å². The van der Waals surface area contributed by atoms with E-state index in [1.807, 2.05) is 24.3 Å². The largest absolute Gasteiger partial charge is 0.489 e. The number of ether oxygens (including phenoxy) is 2. The highest BCUT2D eigenvalue weighted by Gasteiger charge is 2.14. The predicted molar refractivity (Wildman–Crippen MR) is 118 cm³/mol. The fourth-order valence-electron chi connectivity index (χ4n) is 3.15. The van der Waals surface area contributed by atoms with Crippen LogP contribution in [0.25, 0.3) is 11.0 Å². The lowest BCUT2D eigenvalue weighted by atomic mass is 9.87. The Morgan fingerprint density at radius 2 is 1.58 bits per heavy atom. The van der Waals surface area contributed by atoms with E-state index in [4.69, 9.17) is 13.9 Å². The molecule has 0 aliphatic carbocycles. The zero-order chi connectivity index (χ0) is 22.0. The van der Waals surface area contributed by atoms with Crippen LogP contribution >= 0.6 is 0 Å². The van der Waals surface area contributed by atoms with Gasteiger partial charge in [0.05, 0.1) is 5.39 Å². The van der Waals surface area contributed by atoms with Crippen molar-refractivity contribution in [1.29, 1.82) is 0 Å². The van der Waals surface area contributed by atoms with Crippen LogP contribution in [0, 0.1) is 5.82 Å². The van der Waals surface area contributed by atoms with Crippen LogP contribution in [0.3, 0.4) is 0 Å². The van der Waals surface area contributed by atoms with E-state index in [-0.39, 0.29) is 29.0 Å². The molecule has 0 saturated heterocycles. The van der Waals surface area contributed by atoms with Crippen LogP contribution in [0.4, 0.5) is 4.39 Å². The molecule has 5 heteroatoms. The Balaban J connectivity index is 1.51. The number of halogens is 1. The lowest BCUT2D eigenvalue weighted by Crippen LogP contribution is -2.10. The molecule has 3 aromatic carbocycles. The Kier molecular flexibility index (Phi) is 5.51. The topological polar surface area (TPSA) is 48.7 Å². The lowest BCUT2D eigenvalue weighted by Gasteiger charge is -2.19. The highest BCUT2D eigenvalue weighted by Crippen LogP contribution is 2.27. The normalized spacial score (nSPS) is 11.5. The Hall–Kier alpha value is -3.60. The van der Waals surface area contributed by atoms with Gasteiger partial charge in [-0.25, -0.2) is 4.39 Å². The molecule has 0 radical (unpaired) electrons. The van der Waals surface area contributed by atoms with Gasteiger partial charge in [0.25, 0.3) is 0 Å². The van der Waals surface area contributed by atoms with Gasteiger partial charge in [0.1, 0.15) is 35.8 Å². The maximum absolute atomic E-state index is 13.0. The van der Waals surface area contributed by atoms with Crippen molar-refractivity contribution in [1.82, 2.24) is 0 Å². The number of fused-ring (bicyclic) bond motifs is 1. The summed E-state index contributed by atoms with van der Waals surface area (Å²) in [5.41, 5.74) is 2.20. The van der Waals surface area contributed by atoms with E-state index < -0.39 is 0 Å². The molecule has 0 amide bonds. The maximum atomic E-state index is 13.0. The average Bonchev–Trinajstić information content (AvgIpc) is 2.75. The van der Waals surface area contributed by atoms with Crippen LogP contribution in [-0.2, 0) is 12.0 Å². The molecule has 0 aliphatic rings. The Labute approximate surface area is 179 Å². The Morgan fingerprint density at radius 3 is 2.26 bits per heavy atom. The van der Waals surface area contributed by atoms with E-state index in [9.17, 15) is 9.18 Å². The van der Waals surface area contributed by atoms with Crippen molar-refractivity contribution in [3.05, 3.63) is 100 Å². The minimum absolute atomic E-state index is 0.0387. The predicted octanol–water partition coefficient (Wildman–Crippen LogP) is 6.60. The summed E-state index contributed by atoms with van der Waals surface area (Å²) < 4.78 is 30.1. The number of hydrogen-bond donors (Lipinski definition) is 0. The molecular weight excluding hydrogens is 395 g/mol. The van der Waals surface area contributed by atoms with Crippen LogP contribution in [0.2, 0.25) is 0 Å². The Bertz CT molecular complexity index is 1250. The molecule has 31 heavy (non-hydrogen) atoms. The summed E-state index contributed by atoms with van der Waals surface area (Å²) in [6.07, 6.45) is 1.31. The second-order valence-corrected chi connectivity index (χ2v) is 8.38. The molecule has 4 rings (SSSR count). The van der Waals surface area contributed by atoms with Gasteiger partial charge in [0.15, 0.2) is 0 Å². The first-order valence-corrected chi connectivity index (χ1v) is 10.0. The van der Waals surface area contributed by atoms with Crippen LogP contribution in [0.5, 0.6) is 17.2 Å². The van der Waals surface area contributed by atoms with Crippen molar-refractivity contribution in [2.45, 2.75) is 32.8 Å². The summed E-state index contributed by atoms with van der Waals surface area (Å²) in [4.78, 5) is 12.8. The maximum Gasteiger partial charge on any atom is 0.235 e. The molecule has 0 fully saturated rings. The molecule has 0 bridgehead atoms. The standard InChI is InChI=1S/C26H23FO4/c1-26(2,3)18-6-10-20(11-7-18)31-24-16-30-23-14-21(12-13-22(23)25(24)28)29-15-17-4-8-19(27)9-5-17/h4-14,16H,15H2,1-3H3. The number of benzene rings is 3. The van der Waals surface area contributed by atoms with Gasteiger partial charge < -0.3 is 13.9 Å². The van der Waals surface area contributed by atoms with E-state index in [0.717, 1.165) is 5.56 Å². The van der Waals surface area contributed by atoms with Crippen molar-refractivity contribution in [2.24, 2.45) is 0 Å². The first kappa shape index (κ1) is 20.7. The smallest absolute Gasteiger partial charge is 0.235 e. The summed E-state index contributed by atoms with van der Waals surface area (Å²) in [6, 6.07) is 18.8. The quantitative estimate of drug-likeness (QED) is 0.366. The van der Waals surface area contributed by atoms with E-state index in [1.165, 1.54) is 24.0 Å². The summed E-state index contributed by atoms with van der Waals surface area (Å²) in [6.45, 7) is 6.69. The lowest BCUT2D eigenvalue weighted by molar-refractivity contribution is 0.306. The molecule has 158 valence electrons. The van der Waals surface area contributed by atoms with Gasteiger partial charge in [-0.3, -0.25) is 4.79 Å². The second-order valence-electron chi connectivity index (χ2n) is 8.38. The Morgan fingerprint density at radius 1 is 0.903 bits per heavy atom. The van der Waals surface area contributed by atoms with Crippen molar-refractivity contribution in [2.75, 3.05) is 0 Å². The summed E-state index contributed by atoms with van der Waals surface area (Å²) in [5.74, 6) is 0.945. The molecule has 1 aromatic heterocycles. The first-order valence-electron chi connectivity index (χ1n) is 10.0. The minimum Gasteiger partial charge on any atom is -0.489 e. The first-order chi connectivity index (χ1) is 14.8. The monoisotopic (exact) mass is 418 g/mol. The third kappa shape index (κ3) is 4.77. The summed E-state index contributed by atoms with van der Waals surface area (Å²) in [5, 5.41) is 0.401. The fourth-order valence-corrected chi connectivity index (χ4v) is 3.15. The van der Waals surface area contributed by atoms with E-state index in [1.54, 1.807) is 30.3 Å². The van der Waals surface area contributed by atoms with Crippen molar-refractivity contribution >= 4 is 11.0 Å². The molecule has 0 aliphatic heterocycles. The molecule has 4 aromatic rings. The fraction of sp³-hybridized carbons (Fsp3) is 0.192. The minimum atomic E-state index is -0.292. The SMILES string of the molecule is CC(C)(C)c1ccc(Oc2coc3cc(OCc4ccc(F)cc4)ccc3c2=O)cc1. The molecule has 0 saturated carbocycles. The van der Waals surface area contributed by atoms with Gasteiger partial charge in [-0.2, -0.15) is 0 Å². The van der Waals surface area contributed by atoms with Gasteiger partial charge in [0.2, 0.25) is 11.2 Å².